The summed E-state index contributed by atoms with van der Waals surface area (Å²) in [5.74, 6) is 0.511. The Morgan fingerprint density at radius 2 is 1.68 bits per heavy atom. The second-order valence-corrected chi connectivity index (χ2v) is 3.29. The molecule has 0 aliphatic carbocycles. The van der Waals surface area contributed by atoms with Gasteiger partial charge in [0.05, 0.1) is 12.8 Å². The lowest BCUT2D eigenvalue weighted by Crippen LogP contribution is -2.32. The SMILES string of the molecule is CC.CC.CCN(C)c1cccc(B(O)O)c1OC. The third kappa shape index (κ3) is 5.99. The van der Waals surface area contributed by atoms with Crippen LogP contribution in [0.15, 0.2) is 18.2 Å². The molecule has 19 heavy (non-hydrogen) atoms. The lowest BCUT2D eigenvalue weighted by molar-refractivity contribution is 0.403. The zero-order valence-electron chi connectivity index (χ0n) is 13.3. The van der Waals surface area contributed by atoms with E-state index in [9.17, 15) is 10.0 Å². The average molecular weight is 269 g/mol. The van der Waals surface area contributed by atoms with Crippen molar-refractivity contribution < 1.29 is 14.8 Å². The van der Waals surface area contributed by atoms with Gasteiger partial charge in [0, 0.05) is 19.1 Å². The van der Waals surface area contributed by atoms with Crippen LogP contribution in [0.5, 0.6) is 5.75 Å². The normalized spacial score (nSPS) is 8.47. The molecule has 0 aliphatic rings. The highest BCUT2D eigenvalue weighted by Gasteiger charge is 2.20. The quantitative estimate of drug-likeness (QED) is 0.819. The minimum atomic E-state index is -1.51. The molecule has 0 atom stereocenters. The second-order valence-electron chi connectivity index (χ2n) is 3.29. The van der Waals surface area contributed by atoms with Crippen molar-refractivity contribution in [2.75, 3.05) is 25.6 Å². The van der Waals surface area contributed by atoms with Gasteiger partial charge in [-0.2, -0.15) is 0 Å². The first-order valence-electron chi connectivity index (χ1n) is 6.86. The highest BCUT2D eigenvalue weighted by molar-refractivity contribution is 6.60. The minimum Gasteiger partial charge on any atom is -0.495 e. The molecule has 2 N–H and O–H groups in total. The molecule has 1 rings (SSSR count). The van der Waals surface area contributed by atoms with Gasteiger partial charge in [-0.3, -0.25) is 0 Å². The maximum Gasteiger partial charge on any atom is 0.492 e. The average Bonchev–Trinajstić information content (AvgIpc) is 2.49. The summed E-state index contributed by atoms with van der Waals surface area (Å²) in [5.41, 5.74) is 1.24. The van der Waals surface area contributed by atoms with Gasteiger partial charge in [-0.15, -0.1) is 0 Å². The molecule has 0 amide bonds. The van der Waals surface area contributed by atoms with E-state index in [1.165, 1.54) is 7.11 Å². The molecule has 4 nitrogen and oxygen atoms in total. The van der Waals surface area contributed by atoms with Crippen LogP contribution in [0.3, 0.4) is 0 Å². The predicted octanol–water partition coefficient (Wildman–Crippen LogP) is 1.88. The van der Waals surface area contributed by atoms with Gasteiger partial charge in [-0.25, -0.2) is 0 Å². The number of methoxy groups -OCH3 is 1. The van der Waals surface area contributed by atoms with Gasteiger partial charge in [0.1, 0.15) is 5.75 Å². The van der Waals surface area contributed by atoms with E-state index in [1.807, 2.05) is 52.6 Å². The Balaban J connectivity index is 0. The lowest BCUT2D eigenvalue weighted by atomic mass is 9.79. The Morgan fingerprint density at radius 3 is 2.05 bits per heavy atom. The van der Waals surface area contributed by atoms with Gasteiger partial charge in [-0.05, 0) is 13.0 Å². The van der Waals surface area contributed by atoms with Crippen molar-refractivity contribution in [3.63, 3.8) is 0 Å². The van der Waals surface area contributed by atoms with E-state index >= 15 is 0 Å². The molecule has 0 heterocycles. The lowest BCUT2D eigenvalue weighted by Gasteiger charge is -2.21. The third-order valence-corrected chi connectivity index (χ3v) is 2.39. The summed E-state index contributed by atoms with van der Waals surface area (Å²) >= 11 is 0. The van der Waals surface area contributed by atoms with E-state index in [0.29, 0.717) is 11.2 Å². The number of rotatable bonds is 4. The Bertz CT molecular complexity index is 332. The first kappa shape index (κ1) is 20.1. The number of ether oxygens (including phenoxy) is 1. The molecular formula is C14H28BNO3. The highest BCUT2D eigenvalue weighted by Crippen LogP contribution is 2.24. The van der Waals surface area contributed by atoms with Crippen LogP contribution in [-0.2, 0) is 0 Å². The summed E-state index contributed by atoms with van der Waals surface area (Å²) in [7, 11) is 1.93. The fourth-order valence-corrected chi connectivity index (χ4v) is 1.44. The maximum absolute atomic E-state index is 9.17. The number of benzene rings is 1. The molecule has 0 unspecified atom stereocenters. The fraction of sp³-hybridized carbons (Fsp3) is 0.571. The summed E-state index contributed by atoms with van der Waals surface area (Å²) in [6, 6.07) is 5.30. The molecule has 0 aromatic heterocycles. The Morgan fingerprint density at radius 1 is 1.16 bits per heavy atom. The Labute approximate surface area is 118 Å². The fourth-order valence-electron chi connectivity index (χ4n) is 1.44. The molecular weight excluding hydrogens is 241 g/mol. The van der Waals surface area contributed by atoms with Crippen molar-refractivity contribution in [2.24, 2.45) is 0 Å². The first-order valence-corrected chi connectivity index (χ1v) is 6.86. The number of nitrogens with zero attached hydrogens (tertiary/aromatic N) is 1. The summed E-state index contributed by atoms with van der Waals surface area (Å²) in [4.78, 5) is 1.98. The van der Waals surface area contributed by atoms with Crippen LogP contribution in [-0.4, -0.2) is 37.9 Å². The molecule has 0 fully saturated rings. The predicted molar refractivity (Wildman–Crippen MR) is 84.5 cm³/mol. The van der Waals surface area contributed by atoms with Crippen LogP contribution in [0, 0.1) is 0 Å². The van der Waals surface area contributed by atoms with Crippen LogP contribution >= 0.6 is 0 Å². The molecule has 0 bridgehead atoms. The Hall–Kier alpha value is -1.20. The monoisotopic (exact) mass is 269 g/mol. The van der Waals surface area contributed by atoms with Gasteiger partial charge in [0.25, 0.3) is 0 Å². The molecule has 0 saturated heterocycles. The minimum absolute atomic E-state index is 0.385. The largest absolute Gasteiger partial charge is 0.495 e. The molecule has 0 aliphatic heterocycles. The van der Waals surface area contributed by atoms with Crippen molar-refractivity contribution >= 4 is 18.3 Å². The van der Waals surface area contributed by atoms with E-state index in [1.54, 1.807) is 12.1 Å². The van der Waals surface area contributed by atoms with Crippen LogP contribution in [0.1, 0.15) is 34.6 Å². The van der Waals surface area contributed by atoms with E-state index in [-0.39, 0.29) is 0 Å². The summed E-state index contributed by atoms with van der Waals surface area (Å²) in [6.45, 7) is 10.8. The van der Waals surface area contributed by atoms with Crippen LogP contribution < -0.4 is 15.1 Å². The molecule has 0 radical (unpaired) electrons. The summed E-state index contributed by atoms with van der Waals surface area (Å²) < 4.78 is 5.20. The van der Waals surface area contributed by atoms with E-state index in [2.05, 4.69) is 0 Å². The van der Waals surface area contributed by atoms with Crippen LogP contribution in [0.4, 0.5) is 5.69 Å². The van der Waals surface area contributed by atoms with Gasteiger partial charge in [0.2, 0.25) is 0 Å². The van der Waals surface area contributed by atoms with Crippen LogP contribution in [0.25, 0.3) is 0 Å². The number of para-hydroxylation sites is 1. The molecule has 0 saturated carbocycles. The molecule has 5 heteroatoms. The van der Waals surface area contributed by atoms with E-state index < -0.39 is 7.12 Å². The number of hydrogen-bond donors (Lipinski definition) is 2. The number of hydrogen-bond acceptors (Lipinski definition) is 4. The smallest absolute Gasteiger partial charge is 0.492 e. The first-order chi connectivity index (χ1) is 9.11. The molecule has 0 spiro atoms. The standard InChI is InChI=1S/C10H16BNO3.2C2H6/c1-4-12(2)9-7-5-6-8(11(13)14)10(9)15-3;2*1-2/h5-7,13-14H,4H2,1-3H3;2*1-2H3. The van der Waals surface area contributed by atoms with Crippen molar-refractivity contribution in [1.29, 1.82) is 0 Å². The number of anilines is 1. The van der Waals surface area contributed by atoms with Crippen molar-refractivity contribution in [1.82, 2.24) is 0 Å². The van der Waals surface area contributed by atoms with Crippen LogP contribution in [0.2, 0.25) is 0 Å². The zero-order valence-corrected chi connectivity index (χ0v) is 13.3. The van der Waals surface area contributed by atoms with Crippen molar-refractivity contribution in [3.05, 3.63) is 18.2 Å². The van der Waals surface area contributed by atoms with Gasteiger partial charge in [-0.1, -0.05) is 39.8 Å². The highest BCUT2D eigenvalue weighted by atomic mass is 16.5. The van der Waals surface area contributed by atoms with Gasteiger partial charge in [0.15, 0.2) is 0 Å². The second kappa shape index (κ2) is 11.9. The van der Waals surface area contributed by atoms with Gasteiger partial charge < -0.3 is 19.7 Å². The summed E-state index contributed by atoms with van der Waals surface area (Å²) in [5, 5.41) is 18.3. The van der Waals surface area contributed by atoms with E-state index in [4.69, 9.17) is 4.74 Å². The molecule has 1 aromatic carbocycles. The topological polar surface area (TPSA) is 52.9 Å². The zero-order chi connectivity index (χ0) is 15.4. The Kier molecular flexibility index (Phi) is 12.6. The summed E-state index contributed by atoms with van der Waals surface area (Å²) in [6.07, 6.45) is 0. The van der Waals surface area contributed by atoms with E-state index in [0.717, 1.165) is 12.2 Å². The van der Waals surface area contributed by atoms with Crippen molar-refractivity contribution in [3.8, 4) is 5.75 Å². The molecule has 1 aromatic rings. The van der Waals surface area contributed by atoms with Gasteiger partial charge >= 0.3 is 7.12 Å². The molecule has 110 valence electrons. The third-order valence-electron chi connectivity index (χ3n) is 2.39. The maximum atomic E-state index is 9.17. The van der Waals surface area contributed by atoms with Crippen molar-refractivity contribution in [2.45, 2.75) is 34.6 Å².